The van der Waals surface area contributed by atoms with E-state index in [1.165, 1.54) is 0 Å². The fraction of sp³-hybridized carbons (Fsp3) is 0.800. The standard InChI is InChI=1S/C5H9NO2/c1-4-2-5(7)6(8)3-4/h4,8H,2-3H2,1H3/t4-/m0/s1. The van der Waals surface area contributed by atoms with Crippen LogP contribution >= 0.6 is 0 Å². The van der Waals surface area contributed by atoms with Crippen molar-refractivity contribution in [1.82, 2.24) is 5.06 Å². The molecule has 1 N–H and O–H groups in total. The second-order valence-corrected chi connectivity index (χ2v) is 2.29. The van der Waals surface area contributed by atoms with Crippen molar-refractivity contribution >= 4 is 5.91 Å². The zero-order chi connectivity index (χ0) is 6.15. The van der Waals surface area contributed by atoms with Gasteiger partial charge in [0.25, 0.3) is 0 Å². The van der Waals surface area contributed by atoms with Gasteiger partial charge in [-0.3, -0.25) is 10.0 Å². The predicted octanol–water partition coefficient (Wildman–Crippen LogP) is 0.244. The molecule has 1 rings (SSSR count). The number of nitrogens with zero attached hydrogens (tertiary/aromatic N) is 1. The zero-order valence-electron chi connectivity index (χ0n) is 4.79. The molecule has 0 aromatic heterocycles. The van der Waals surface area contributed by atoms with Gasteiger partial charge in [-0.05, 0) is 5.92 Å². The highest BCUT2D eigenvalue weighted by Crippen LogP contribution is 2.13. The van der Waals surface area contributed by atoms with Gasteiger partial charge in [-0.1, -0.05) is 6.92 Å². The summed E-state index contributed by atoms with van der Waals surface area (Å²) in [6.45, 7) is 2.44. The lowest BCUT2D eigenvalue weighted by molar-refractivity contribution is -0.157. The van der Waals surface area contributed by atoms with E-state index in [9.17, 15) is 4.79 Å². The summed E-state index contributed by atoms with van der Waals surface area (Å²) in [7, 11) is 0. The Morgan fingerprint density at radius 1 is 1.88 bits per heavy atom. The monoisotopic (exact) mass is 115 g/mol. The van der Waals surface area contributed by atoms with Crippen molar-refractivity contribution in [3.63, 3.8) is 0 Å². The number of carbonyl (C=O) groups is 1. The van der Waals surface area contributed by atoms with E-state index in [1.807, 2.05) is 6.92 Å². The van der Waals surface area contributed by atoms with Crippen LogP contribution in [0.2, 0.25) is 0 Å². The molecule has 0 spiro atoms. The van der Waals surface area contributed by atoms with Crippen LogP contribution in [-0.4, -0.2) is 22.7 Å². The molecule has 0 radical (unpaired) electrons. The number of hydrogen-bond acceptors (Lipinski definition) is 2. The summed E-state index contributed by atoms with van der Waals surface area (Å²) in [6.07, 6.45) is 0.497. The van der Waals surface area contributed by atoms with Crippen molar-refractivity contribution in [2.24, 2.45) is 5.92 Å². The van der Waals surface area contributed by atoms with Crippen molar-refractivity contribution in [3.8, 4) is 0 Å². The van der Waals surface area contributed by atoms with Crippen molar-refractivity contribution in [2.75, 3.05) is 6.54 Å². The molecule has 1 heterocycles. The highest BCUT2D eigenvalue weighted by atomic mass is 16.5. The van der Waals surface area contributed by atoms with Gasteiger partial charge in [-0.15, -0.1) is 0 Å². The van der Waals surface area contributed by atoms with Gasteiger partial charge in [0.05, 0.1) is 6.54 Å². The lowest BCUT2D eigenvalue weighted by Gasteiger charge is -2.02. The largest absolute Gasteiger partial charge is 0.286 e. The molecule has 1 aliphatic heterocycles. The molecule has 0 aromatic rings. The molecule has 46 valence electrons. The van der Waals surface area contributed by atoms with Gasteiger partial charge >= 0.3 is 0 Å². The molecule has 0 unspecified atom stereocenters. The summed E-state index contributed by atoms with van der Waals surface area (Å²) in [4.78, 5) is 10.5. The summed E-state index contributed by atoms with van der Waals surface area (Å²) in [5.41, 5.74) is 0. The van der Waals surface area contributed by atoms with Gasteiger partial charge in [-0.2, -0.15) is 0 Å². The van der Waals surface area contributed by atoms with E-state index in [1.54, 1.807) is 0 Å². The molecule has 3 heteroatoms. The molecule has 8 heavy (non-hydrogen) atoms. The third-order valence-corrected chi connectivity index (χ3v) is 1.30. The Morgan fingerprint density at radius 2 is 2.50 bits per heavy atom. The Kier molecular flexibility index (Phi) is 1.21. The van der Waals surface area contributed by atoms with E-state index in [4.69, 9.17) is 5.21 Å². The Morgan fingerprint density at radius 3 is 2.62 bits per heavy atom. The van der Waals surface area contributed by atoms with Gasteiger partial charge in [0.15, 0.2) is 0 Å². The zero-order valence-corrected chi connectivity index (χ0v) is 4.79. The van der Waals surface area contributed by atoms with Gasteiger partial charge in [0.2, 0.25) is 5.91 Å². The molecule has 1 aliphatic rings. The van der Waals surface area contributed by atoms with Crippen molar-refractivity contribution < 1.29 is 10.0 Å². The van der Waals surface area contributed by atoms with E-state index in [-0.39, 0.29) is 5.91 Å². The minimum Gasteiger partial charge on any atom is -0.286 e. The predicted molar refractivity (Wildman–Crippen MR) is 27.3 cm³/mol. The lowest BCUT2D eigenvalue weighted by Crippen LogP contribution is -2.19. The molecule has 0 aromatic carbocycles. The lowest BCUT2D eigenvalue weighted by atomic mass is 10.2. The van der Waals surface area contributed by atoms with Gasteiger partial charge < -0.3 is 0 Å². The molecule has 3 nitrogen and oxygen atoms in total. The van der Waals surface area contributed by atoms with Crippen molar-refractivity contribution in [3.05, 3.63) is 0 Å². The molecular formula is C5H9NO2. The fourth-order valence-corrected chi connectivity index (χ4v) is 0.865. The van der Waals surface area contributed by atoms with Crippen LogP contribution in [0.1, 0.15) is 13.3 Å². The molecule has 0 aliphatic carbocycles. The topological polar surface area (TPSA) is 40.5 Å². The third-order valence-electron chi connectivity index (χ3n) is 1.30. The second-order valence-electron chi connectivity index (χ2n) is 2.29. The van der Waals surface area contributed by atoms with E-state index in [2.05, 4.69) is 0 Å². The van der Waals surface area contributed by atoms with Gasteiger partial charge in [0, 0.05) is 6.42 Å². The minimum atomic E-state index is -0.155. The van der Waals surface area contributed by atoms with Crippen LogP contribution < -0.4 is 0 Å². The number of rotatable bonds is 0. The molecule has 1 saturated heterocycles. The molecule has 1 fully saturated rings. The summed E-state index contributed by atoms with van der Waals surface area (Å²) < 4.78 is 0. The Hall–Kier alpha value is -0.570. The SMILES string of the molecule is C[C@H]1CC(=O)N(O)C1. The highest BCUT2D eigenvalue weighted by molar-refractivity contribution is 5.77. The molecule has 0 saturated carbocycles. The highest BCUT2D eigenvalue weighted by Gasteiger charge is 2.24. The Bertz CT molecular complexity index is 113. The van der Waals surface area contributed by atoms with Crippen LogP contribution in [0.3, 0.4) is 0 Å². The molecule has 1 amide bonds. The van der Waals surface area contributed by atoms with E-state index >= 15 is 0 Å². The first-order valence-electron chi connectivity index (χ1n) is 2.69. The third kappa shape index (κ3) is 0.816. The Labute approximate surface area is 47.9 Å². The molecular weight excluding hydrogens is 106 g/mol. The van der Waals surface area contributed by atoms with Gasteiger partial charge in [0.1, 0.15) is 0 Å². The number of carbonyl (C=O) groups excluding carboxylic acids is 1. The summed E-state index contributed by atoms with van der Waals surface area (Å²) in [5, 5.41) is 9.43. The van der Waals surface area contributed by atoms with Crippen LogP contribution in [0, 0.1) is 5.92 Å². The Balaban J connectivity index is 2.51. The van der Waals surface area contributed by atoms with Crippen LogP contribution in [0.15, 0.2) is 0 Å². The van der Waals surface area contributed by atoms with E-state index < -0.39 is 0 Å². The molecule has 1 atom stereocenters. The van der Waals surface area contributed by atoms with Crippen LogP contribution in [-0.2, 0) is 4.79 Å². The first kappa shape index (κ1) is 5.56. The number of hydroxylamine groups is 2. The summed E-state index contributed by atoms with van der Waals surface area (Å²) in [5.74, 6) is 0.171. The maximum absolute atomic E-state index is 10.5. The maximum atomic E-state index is 10.5. The van der Waals surface area contributed by atoms with Crippen molar-refractivity contribution in [2.45, 2.75) is 13.3 Å². The average molecular weight is 115 g/mol. The average Bonchev–Trinajstić information content (AvgIpc) is 1.85. The summed E-state index contributed by atoms with van der Waals surface area (Å²) >= 11 is 0. The number of amides is 1. The maximum Gasteiger partial charge on any atom is 0.246 e. The van der Waals surface area contributed by atoms with Crippen LogP contribution in [0.5, 0.6) is 0 Å². The number of hydrogen-bond donors (Lipinski definition) is 1. The first-order chi connectivity index (χ1) is 3.70. The quantitative estimate of drug-likeness (QED) is 0.459. The van der Waals surface area contributed by atoms with Gasteiger partial charge in [-0.25, -0.2) is 5.06 Å². The van der Waals surface area contributed by atoms with Crippen molar-refractivity contribution in [1.29, 1.82) is 0 Å². The fourth-order valence-electron chi connectivity index (χ4n) is 0.865. The second kappa shape index (κ2) is 1.74. The van der Waals surface area contributed by atoms with Crippen LogP contribution in [0.25, 0.3) is 0 Å². The molecule has 0 bridgehead atoms. The minimum absolute atomic E-state index is 0.155. The smallest absolute Gasteiger partial charge is 0.246 e. The van der Waals surface area contributed by atoms with Crippen LogP contribution in [0.4, 0.5) is 0 Å². The normalized spacial score (nSPS) is 29.5. The first-order valence-corrected chi connectivity index (χ1v) is 2.69. The summed E-state index contributed by atoms with van der Waals surface area (Å²) in [6, 6.07) is 0. The van der Waals surface area contributed by atoms with E-state index in [0.717, 1.165) is 5.06 Å². The van der Waals surface area contributed by atoms with E-state index in [0.29, 0.717) is 18.9 Å².